The van der Waals surface area contributed by atoms with Crippen molar-refractivity contribution >= 4 is 23.0 Å². The van der Waals surface area contributed by atoms with Crippen molar-refractivity contribution in [2.24, 2.45) is 0 Å². The number of nitrogens with zero attached hydrogens (tertiary/aromatic N) is 3. The lowest BCUT2D eigenvalue weighted by Gasteiger charge is -2.20. The van der Waals surface area contributed by atoms with Crippen molar-refractivity contribution in [2.75, 3.05) is 19.6 Å². The van der Waals surface area contributed by atoms with E-state index in [1.165, 1.54) is 38.2 Å². The van der Waals surface area contributed by atoms with Crippen LogP contribution in [0.5, 0.6) is 0 Å². The molecule has 2 rings (SSSR count). The van der Waals surface area contributed by atoms with E-state index in [4.69, 9.17) is 5.21 Å². The second-order valence-corrected chi connectivity index (χ2v) is 6.84. The van der Waals surface area contributed by atoms with Crippen LogP contribution in [-0.4, -0.2) is 45.2 Å². The van der Waals surface area contributed by atoms with E-state index in [1.807, 2.05) is 24.5 Å². The summed E-state index contributed by atoms with van der Waals surface area (Å²) < 4.78 is 2.18. The number of fused-ring (bicyclic) bond motifs is 1. The molecule has 1 heterocycles. The molecule has 0 unspecified atom stereocenters. The Kier molecular flexibility index (Phi) is 9.01. The van der Waals surface area contributed by atoms with Crippen LogP contribution < -0.4 is 5.48 Å². The molecule has 0 radical (unpaired) electrons. The minimum absolute atomic E-state index is 0.546. The largest absolute Gasteiger partial charge is 0.329 e. The maximum absolute atomic E-state index is 11.1. The van der Waals surface area contributed by atoms with E-state index in [9.17, 15) is 4.79 Å². The molecule has 2 aromatic rings. The van der Waals surface area contributed by atoms with Crippen molar-refractivity contribution in [3.63, 3.8) is 0 Å². The highest BCUT2D eigenvalue weighted by molar-refractivity contribution is 5.91. The number of carbonyl (C=O) groups excluding carboxylic acids is 1. The van der Waals surface area contributed by atoms with Gasteiger partial charge in [0.25, 0.3) is 5.91 Å². The number of benzene rings is 1. The first-order valence-corrected chi connectivity index (χ1v) is 9.97. The highest BCUT2D eigenvalue weighted by Crippen LogP contribution is 2.16. The summed E-state index contributed by atoms with van der Waals surface area (Å²) in [6, 6.07) is 5.92. The monoisotopic (exact) mass is 372 g/mol. The molecule has 27 heavy (non-hydrogen) atoms. The van der Waals surface area contributed by atoms with Crippen LogP contribution in [0.3, 0.4) is 0 Å². The van der Waals surface area contributed by atoms with Gasteiger partial charge in [0.2, 0.25) is 0 Å². The van der Waals surface area contributed by atoms with Crippen LogP contribution in [0.15, 0.2) is 30.6 Å². The number of likely N-dealkylation sites (N-methyl/N-ethyl adjacent to an activating group) is 1. The summed E-state index contributed by atoms with van der Waals surface area (Å²) in [5.41, 5.74) is 4.46. The summed E-state index contributed by atoms with van der Waals surface area (Å²) in [6.07, 6.45) is 11.4. The second-order valence-electron chi connectivity index (χ2n) is 6.84. The lowest BCUT2D eigenvalue weighted by Crippen LogP contribution is -2.28. The molecule has 6 heteroatoms. The van der Waals surface area contributed by atoms with E-state index in [0.29, 0.717) is 0 Å². The van der Waals surface area contributed by atoms with Crippen LogP contribution in [0.25, 0.3) is 17.1 Å². The van der Waals surface area contributed by atoms with Crippen molar-refractivity contribution in [2.45, 2.75) is 52.5 Å². The molecular formula is C21H32N4O2. The number of hydroxylamine groups is 1. The number of hydrogen-bond donors (Lipinski definition) is 2. The molecule has 0 fully saturated rings. The Balaban J connectivity index is 1.90. The summed E-state index contributed by atoms with van der Waals surface area (Å²) in [5, 5.41) is 8.53. The Morgan fingerprint density at radius 1 is 1.22 bits per heavy atom. The molecule has 0 bridgehead atoms. The van der Waals surface area contributed by atoms with Gasteiger partial charge in [-0.25, -0.2) is 10.5 Å². The number of hydrogen-bond acceptors (Lipinski definition) is 4. The zero-order valence-corrected chi connectivity index (χ0v) is 16.5. The van der Waals surface area contributed by atoms with Gasteiger partial charge < -0.3 is 9.47 Å². The van der Waals surface area contributed by atoms with Crippen LogP contribution in [-0.2, 0) is 11.3 Å². The molecule has 0 aliphatic heterocycles. The first kappa shape index (κ1) is 21.1. The maximum atomic E-state index is 11.1. The Bertz CT molecular complexity index is 739. The van der Waals surface area contributed by atoms with E-state index in [1.54, 1.807) is 11.6 Å². The van der Waals surface area contributed by atoms with Crippen LogP contribution in [0.4, 0.5) is 0 Å². The molecule has 0 atom stereocenters. The van der Waals surface area contributed by atoms with E-state index in [-0.39, 0.29) is 0 Å². The first-order valence-electron chi connectivity index (χ1n) is 9.97. The van der Waals surface area contributed by atoms with Crippen LogP contribution >= 0.6 is 0 Å². The zero-order valence-electron chi connectivity index (χ0n) is 16.5. The highest BCUT2D eigenvalue weighted by atomic mass is 16.5. The molecular weight excluding hydrogens is 340 g/mol. The Morgan fingerprint density at radius 2 is 2.04 bits per heavy atom. The molecule has 2 N–H and O–H groups in total. The third kappa shape index (κ3) is 6.81. The number of imidazole rings is 1. The number of carbonyl (C=O) groups is 1. The smallest absolute Gasteiger partial charge is 0.267 e. The normalized spacial score (nSPS) is 11.7. The standard InChI is InChI=1S/C21H32N4O2/c1-3-5-6-7-8-13-24(4-2)14-15-25-17-22-19-16-18(9-11-20(19)25)10-12-21(26)23-27/h9-12,16-17,27H,3-8,13-15H2,1-2H3,(H,23,26). The first-order chi connectivity index (χ1) is 13.2. The van der Waals surface area contributed by atoms with Crippen molar-refractivity contribution in [1.29, 1.82) is 0 Å². The van der Waals surface area contributed by atoms with Gasteiger partial charge in [-0.3, -0.25) is 10.0 Å². The van der Waals surface area contributed by atoms with Crippen molar-refractivity contribution in [3.8, 4) is 0 Å². The minimum Gasteiger partial charge on any atom is -0.329 e. The van der Waals surface area contributed by atoms with Crippen LogP contribution in [0.1, 0.15) is 51.5 Å². The lowest BCUT2D eigenvalue weighted by molar-refractivity contribution is -0.124. The SMILES string of the molecule is CCCCCCCN(CC)CCn1cnc2cc(C=CC(=O)NO)ccc21. The molecule has 0 spiro atoms. The Morgan fingerprint density at radius 3 is 2.78 bits per heavy atom. The van der Waals surface area contributed by atoms with E-state index in [0.717, 1.165) is 42.8 Å². The average molecular weight is 373 g/mol. The third-order valence-electron chi connectivity index (χ3n) is 4.86. The predicted octanol–water partition coefficient (Wildman–Crippen LogP) is 3.85. The van der Waals surface area contributed by atoms with Gasteiger partial charge in [0, 0.05) is 19.2 Å². The molecule has 1 amide bonds. The average Bonchev–Trinajstić information content (AvgIpc) is 3.10. The minimum atomic E-state index is -0.546. The molecule has 1 aromatic heterocycles. The van der Waals surface area contributed by atoms with E-state index >= 15 is 0 Å². The van der Waals surface area contributed by atoms with E-state index in [2.05, 4.69) is 28.3 Å². The summed E-state index contributed by atoms with van der Waals surface area (Å²) in [7, 11) is 0. The number of amides is 1. The fourth-order valence-corrected chi connectivity index (χ4v) is 3.19. The maximum Gasteiger partial charge on any atom is 0.267 e. The molecule has 148 valence electrons. The van der Waals surface area contributed by atoms with Gasteiger partial charge in [0.1, 0.15) is 0 Å². The third-order valence-corrected chi connectivity index (χ3v) is 4.86. The van der Waals surface area contributed by atoms with Crippen molar-refractivity contribution in [3.05, 3.63) is 36.2 Å². The molecule has 0 aliphatic carbocycles. The number of aromatic nitrogens is 2. The fourth-order valence-electron chi connectivity index (χ4n) is 3.19. The van der Waals surface area contributed by atoms with Gasteiger partial charge in [0.15, 0.2) is 0 Å². The van der Waals surface area contributed by atoms with Crippen molar-refractivity contribution < 1.29 is 10.0 Å². The van der Waals surface area contributed by atoms with Gasteiger partial charge in [0.05, 0.1) is 17.4 Å². The van der Waals surface area contributed by atoms with Crippen LogP contribution in [0.2, 0.25) is 0 Å². The zero-order chi connectivity index (χ0) is 19.5. The summed E-state index contributed by atoms with van der Waals surface area (Å²) in [5.74, 6) is -0.546. The van der Waals surface area contributed by atoms with E-state index < -0.39 is 5.91 Å². The molecule has 0 aliphatic rings. The lowest BCUT2D eigenvalue weighted by atomic mass is 10.1. The van der Waals surface area contributed by atoms with Gasteiger partial charge in [-0.2, -0.15) is 0 Å². The van der Waals surface area contributed by atoms with Gasteiger partial charge >= 0.3 is 0 Å². The Hall–Kier alpha value is -2.18. The van der Waals surface area contributed by atoms with Gasteiger partial charge in [-0.05, 0) is 43.3 Å². The predicted molar refractivity (Wildman–Crippen MR) is 110 cm³/mol. The molecule has 6 nitrogen and oxygen atoms in total. The topological polar surface area (TPSA) is 70.4 Å². The van der Waals surface area contributed by atoms with Crippen LogP contribution in [0, 0.1) is 0 Å². The number of rotatable bonds is 12. The quantitative estimate of drug-likeness (QED) is 0.257. The summed E-state index contributed by atoms with van der Waals surface area (Å²) in [4.78, 5) is 18.1. The molecule has 0 saturated carbocycles. The highest BCUT2D eigenvalue weighted by Gasteiger charge is 2.06. The Labute approximate surface area is 161 Å². The number of unbranched alkanes of at least 4 members (excludes halogenated alkanes) is 4. The number of nitrogens with one attached hydrogen (secondary N) is 1. The molecule has 1 aromatic carbocycles. The van der Waals surface area contributed by atoms with Gasteiger partial charge in [-0.15, -0.1) is 0 Å². The molecule has 0 saturated heterocycles. The van der Waals surface area contributed by atoms with Crippen molar-refractivity contribution in [1.82, 2.24) is 19.9 Å². The summed E-state index contributed by atoms with van der Waals surface area (Å²) in [6.45, 7) is 8.64. The van der Waals surface area contributed by atoms with Gasteiger partial charge in [-0.1, -0.05) is 45.6 Å². The second kappa shape index (κ2) is 11.5. The summed E-state index contributed by atoms with van der Waals surface area (Å²) >= 11 is 0. The fraction of sp³-hybridized carbons (Fsp3) is 0.524.